The van der Waals surface area contributed by atoms with E-state index in [4.69, 9.17) is 0 Å². The van der Waals surface area contributed by atoms with Gasteiger partial charge in [0.05, 0.1) is 5.56 Å². The van der Waals surface area contributed by atoms with E-state index in [1.165, 1.54) is 12.1 Å². The Kier molecular flexibility index (Phi) is 6.26. The Hall–Kier alpha value is -3.22. The number of halogens is 3. The van der Waals surface area contributed by atoms with Gasteiger partial charge in [-0.25, -0.2) is 0 Å². The minimum atomic E-state index is -4.36. The Morgan fingerprint density at radius 1 is 1.09 bits per heavy atom. The van der Waals surface area contributed by atoms with Crippen molar-refractivity contribution in [2.24, 2.45) is 0 Å². The van der Waals surface area contributed by atoms with E-state index in [1.807, 2.05) is 24.0 Å². The van der Waals surface area contributed by atoms with Crippen LogP contribution in [0.4, 0.5) is 13.2 Å². The lowest BCUT2D eigenvalue weighted by molar-refractivity contribution is -0.137. The monoisotopic (exact) mass is 439 g/mol. The molecule has 1 amide bonds. The van der Waals surface area contributed by atoms with Crippen molar-refractivity contribution in [1.82, 2.24) is 14.9 Å². The summed E-state index contributed by atoms with van der Waals surface area (Å²) in [6.07, 6.45) is -0.589. The molecule has 3 aromatic rings. The van der Waals surface area contributed by atoms with E-state index in [1.54, 1.807) is 30.5 Å². The third kappa shape index (κ3) is 5.15. The van der Waals surface area contributed by atoms with Crippen LogP contribution in [0, 0.1) is 6.92 Å². The highest BCUT2D eigenvalue weighted by atomic mass is 19.4. The standard InChI is InChI=1S/C25H24F3N3O/c1-17-12-19(13-18-6-4-8-21(14-18)25(26,27)28)15-23(30-17)20-7-5-11-31(16-20)24(32)22-9-2-3-10-29-22/h2-4,6,8-10,12,14-15,20H,5,7,11,13,16H2,1H3. The number of benzene rings is 1. The topological polar surface area (TPSA) is 46.1 Å². The van der Waals surface area contributed by atoms with Gasteiger partial charge in [-0.1, -0.05) is 24.3 Å². The van der Waals surface area contributed by atoms with Gasteiger partial charge in [0.2, 0.25) is 0 Å². The number of carbonyl (C=O) groups is 1. The maximum atomic E-state index is 13.1. The number of nitrogens with zero attached hydrogens (tertiary/aromatic N) is 3. The van der Waals surface area contributed by atoms with E-state index in [9.17, 15) is 18.0 Å². The van der Waals surface area contributed by atoms with Crippen LogP contribution in [0.2, 0.25) is 0 Å². The summed E-state index contributed by atoms with van der Waals surface area (Å²) in [5.41, 5.74) is 3.00. The Balaban J connectivity index is 1.53. The van der Waals surface area contributed by atoms with Crippen molar-refractivity contribution in [1.29, 1.82) is 0 Å². The fraction of sp³-hybridized carbons (Fsp3) is 0.320. The molecule has 4 nitrogen and oxygen atoms in total. The molecular weight excluding hydrogens is 415 g/mol. The first-order valence-corrected chi connectivity index (χ1v) is 10.6. The van der Waals surface area contributed by atoms with Gasteiger partial charge in [0, 0.05) is 36.6 Å². The Bertz CT molecular complexity index is 1100. The SMILES string of the molecule is Cc1cc(Cc2cccc(C(F)(F)F)c2)cc(C2CCCN(C(=O)c3ccccn3)C2)n1. The fourth-order valence-electron chi connectivity index (χ4n) is 4.23. The van der Waals surface area contributed by atoms with Crippen molar-refractivity contribution in [3.63, 3.8) is 0 Å². The molecule has 1 fully saturated rings. The minimum absolute atomic E-state index is 0.0802. The molecule has 1 aromatic carbocycles. The maximum absolute atomic E-state index is 13.1. The average Bonchev–Trinajstić information content (AvgIpc) is 2.78. The van der Waals surface area contributed by atoms with Crippen LogP contribution in [-0.2, 0) is 12.6 Å². The second-order valence-corrected chi connectivity index (χ2v) is 8.22. The molecule has 1 aliphatic rings. The fourth-order valence-corrected chi connectivity index (χ4v) is 4.23. The van der Waals surface area contributed by atoms with E-state index in [0.29, 0.717) is 30.8 Å². The number of amides is 1. The number of likely N-dealkylation sites (tertiary alicyclic amines) is 1. The van der Waals surface area contributed by atoms with Gasteiger partial charge in [0.1, 0.15) is 5.69 Å². The van der Waals surface area contributed by atoms with Gasteiger partial charge < -0.3 is 4.90 Å². The molecular formula is C25H24F3N3O. The van der Waals surface area contributed by atoms with Crippen LogP contribution >= 0.6 is 0 Å². The number of rotatable bonds is 4. The molecule has 0 N–H and O–H groups in total. The van der Waals surface area contributed by atoms with Gasteiger partial charge in [-0.05, 0) is 67.6 Å². The van der Waals surface area contributed by atoms with Crippen molar-refractivity contribution in [2.75, 3.05) is 13.1 Å². The molecule has 32 heavy (non-hydrogen) atoms. The first kappa shape index (κ1) is 22.0. The molecule has 7 heteroatoms. The smallest absolute Gasteiger partial charge is 0.337 e. The lowest BCUT2D eigenvalue weighted by Gasteiger charge is -2.32. The summed E-state index contributed by atoms with van der Waals surface area (Å²) in [5, 5.41) is 0. The predicted molar refractivity (Wildman–Crippen MR) is 115 cm³/mol. The molecule has 0 radical (unpaired) electrons. The summed E-state index contributed by atoms with van der Waals surface area (Å²) in [7, 11) is 0. The van der Waals surface area contributed by atoms with Crippen LogP contribution in [0.15, 0.2) is 60.8 Å². The van der Waals surface area contributed by atoms with Gasteiger partial charge in [-0.3, -0.25) is 14.8 Å². The summed E-state index contributed by atoms with van der Waals surface area (Å²) in [5.74, 6) is -0.0105. The van der Waals surface area contributed by atoms with E-state index >= 15 is 0 Å². The summed E-state index contributed by atoms with van der Waals surface area (Å²) in [6.45, 7) is 3.11. The van der Waals surface area contributed by atoms with E-state index in [-0.39, 0.29) is 11.8 Å². The summed E-state index contributed by atoms with van der Waals surface area (Å²) in [4.78, 5) is 23.5. The van der Waals surface area contributed by atoms with Crippen molar-refractivity contribution in [3.8, 4) is 0 Å². The molecule has 4 rings (SSSR count). The molecule has 1 aliphatic heterocycles. The van der Waals surface area contributed by atoms with Crippen molar-refractivity contribution >= 4 is 5.91 Å². The Morgan fingerprint density at radius 2 is 1.94 bits per heavy atom. The highest BCUT2D eigenvalue weighted by Gasteiger charge is 2.30. The Labute approximate surface area is 185 Å². The zero-order chi connectivity index (χ0) is 22.7. The average molecular weight is 439 g/mol. The molecule has 166 valence electrons. The number of pyridine rings is 2. The molecule has 1 saturated heterocycles. The highest BCUT2D eigenvalue weighted by Crippen LogP contribution is 2.31. The van der Waals surface area contributed by atoms with Crippen LogP contribution in [0.25, 0.3) is 0 Å². The number of carbonyl (C=O) groups excluding carboxylic acids is 1. The van der Waals surface area contributed by atoms with E-state index in [0.717, 1.165) is 35.9 Å². The molecule has 0 saturated carbocycles. The lowest BCUT2D eigenvalue weighted by Crippen LogP contribution is -2.39. The summed E-state index contributed by atoms with van der Waals surface area (Å²) in [6, 6.07) is 14.6. The normalized spacial score (nSPS) is 16.8. The second kappa shape index (κ2) is 9.10. The lowest BCUT2D eigenvalue weighted by atomic mass is 9.92. The molecule has 1 atom stereocenters. The first-order valence-electron chi connectivity index (χ1n) is 10.6. The zero-order valence-electron chi connectivity index (χ0n) is 17.8. The Morgan fingerprint density at radius 3 is 2.69 bits per heavy atom. The minimum Gasteiger partial charge on any atom is -0.337 e. The molecule has 2 aromatic heterocycles. The number of piperidine rings is 1. The van der Waals surface area contributed by atoms with Gasteiger partial charge in [0.25, 0.3) is 5.91 Å². The number of aromatic nitrogens is 2. The molecule has 0 aliphatic carbocycles. The quantitative estimate of drug-likeness (QED) is 0.546. The number of hydrogen-bond acceptors (Lipinski definition) is 3. The second-order valence-electron chi connectivity index (χ2n) is 8.22. The maximum Gasteiger partial charge on any atom is 0.416 e. The number of alkyl halides is 3. The van der Waals surface area contributed by atoms with Gasteiger partial charge in [-0.15, -0.1) is 0 Å². The summed E-state index contributed by atoms with van der Waals surface area (Å²) >= 11 is 0. The van der Waals surface area contributed by atoms with Crippen molar-refractivity contribution in [2.45, 2.75) is 38.3 Å². The van der Waals surface area contributed by atoms with E-state index in [2.05, 4.69) is 9.97 Å². The zero-order valence-corrected chi connectivity index (χ0v) is 17.8. The summed E-state index contributed by atoms with van der Waals surface area (Å²) < 4.78 is 39.2. The molecule has 0 spiro atoms. The first-order chi connectivity index (χ1) is 15.3. The largest absolute Gasteiger partial charge is 0.416 e. The van der Waals surface area contributed by atoms with Crippen LogP contribution in [-0.4, -0.2) is 33.9 Å². The van der Waals surface area contributed by atoms with Gasteiger partial charge in [-0.2, -0.15) is 13.2 Å². The number of hydrogen-bond donors (Lipinski definition) is 0. The van der Waals surface area contributed by atoms with E-state index < -0.39 is 11.7 Å². The third-order valence-corrected chi connectivity index (χ3v) is 5.71. The van der Waals surface area contributed by atoms with Crippen LogP contribution in [0.5, 0.6) is 0 Å². The van der Waals surface area contributed by atoms with Gasteiger partial charge >= 0.3 is 6.18 Å². The molecule has 1 unspecified atom stereocenters. The highest BCUT2D eigenvalue weighted by molar-refractivity contribution is 5.92. The molecule has 0 bridgehead atoms. The van der Waals surface area contributed by atoms with Crippen LogP contribution in [0.3, 0.4) is 0 Å². The van der Waals surface area contributed by atoms with Crippen molar-refractivity contribution < 1.29 is 18.0 Å². The van der Waals surface area contributed by atoms with Crippen molar-refractivity contribution in [3.05, 3.63) is 94.6 Å². The predicted octanol–water partition coefficient (Wildman–Crippen LogP) is 5.41. The molecule has 3 heterocycles. The van der Waals surface area contributed by atoms with Gasteiger partial charge in [0.15, 0.2) is 0 Å². The van der Waals surface area contributed by atoms with Crippen LogP contribution in [0.1, 0.15) is 57.3 Å². The third-order valence-electron chi connectivity index (χ3n) is 5.71. The number of aryl methyl sites for hydroxylation is 1. The van der Waals surface area contributed by atoms with Crippen LogP contribution < -0.4 is 0 Å².